The van der Waals surface area contributed by atoms with E-state index in [4.69, 9.17) is 9.26 Å². The fraction of sp³-hybridized carbons (Fsp3) is 0.375. The second-order valence-electron chi connectivity index (χ2n) is 7.72. The molecule has 6 heteroatoms. The third-order valence-corrected chi connectivity index (χ3v) is 4.91. The number of hydrogen-bond acceptors (Lipinski definition) is 6. The van der Waals surface area contributed by atoms with E-state index in [2.05, 4.69) is 21.5 Å². The van der Waals surface area contributed by atoms with Gasteiger partial charge < -0.3 is 14.6 Å². The Morgan fingerprint density at radius 3 is 2.67 bits per heavy atom. The normalized spacial score (nSPS) is 11.3. The van der Waals surface area contributed by atoms with Crippen molar-refractivity contribution in [1.29, 1.82) is 5.26 Å². The molecule has 0 bridgehead atoms. The summed E-state index contributed by atoms with van der Waals surface area (Å²) < 4.78 is 11.1. The average Bonchev–Trinajstić information content (AvgIpc) is 3.26. The fourth-order valence-electron chi connectivity index (χ4n) is 2.96. The lowest BCUT2D eigenvalue weighted by Gasteiger charge is -2.16. The highest BCUT2D eigenvalue weighted by molar-refractivity contribution is 5.61. The monoisotopic (exact) mass is 404 g/mol. The van der Waals surface area contributed by atoms with E-state index in [9.17, 15) is 5.26 Å². The average molecular weight is 405 g/mol. The van der Waals surface area contributed by atoms with Crippen molar-refractivity contribution in [1.82, 2.24) is 10.1 Å². The van der Waals surface area contributed by atoms with Crippen LogP contribution in [0, 0.1) is 11.3 Å². The molecule has 0 aliphatic rings. The standard InChI is InChI=1S/C24H28N4O2/c1-4-22-27-23(30-28-22)19-7-5-8-21(15-19)26-13-6-14-29-16-18-9-11-20(12-10-18)24(2,3)17-25/h5,7-12,15,26H,4,6,13-14,16H2,1-3H3. The first-order chi connectivity index (χ1) is 14.5. The van der Waals surface area contributed by atoms with Crippen LogP contribution in [0.3, 0.4) is 0 Å². The van der Waals surface area contributed by atoms with Gasteiger partial charge in [-0.25, -0.2) is 0 Å². The molecule has 0 amide bonds. The number of aromatic nitrogens is 2. The zero-order valence-corrected chi connectivity index (χ0v) is 17.8. The van der Waals surface area contributed by atoms with E-state index in [1.165, 1.54) is 0 Å². The smallest absolute Gasteiger partial charge is 0.257 e. The summed E-state index contributed by atoms with van der Waals surface area (Å²) in [6.45, 7) is 7.89. The van der Waals surface area contributed by atoms with Crippen LogP contribution in [0.4, 0.5) is 5.69 Å². The highest BCUT2D eigenvalue weighted by Crippen LogP contribution is 2.23. The number of aryl methyl sites for hydroxylation is 1. The van der Waals surface area contributed by atoms with Gasteiger partial charge in [-0.1, -0.05) is 42.4 Å². The van der Waals surface area contributed by atoms with Crippen LogP contribution in [0.5, 0.6) is 0 Å². The Kier molecular flexibility index (Phi) is 7.21. The summed E-state index contributed by atoms with van der Waals surface area (Å²) in [6, 6.07) is 18.4. The first-order valence-corrected chi connectivity index (χ1v) is 10.3. The van der Waals surface area contributed by atoms with Crippen molar-refractivity contribution in [2.75, 3.05) is 18.5 Å². The highest BCUT2D eigenvalue weighted by atomic mass is 16.5. The van der Waals surface area contributed by atoms with Gasteiger partial charge in [0.05, 0.1) is 18.1 Å². The topological polar surface area (TPSA) is 84.0 Å². The molecule has 3 rings (SSSR count). The minimum absolute atomic E-state index is 0.468. The Morgan fingerprint density at radius 2 is 1.97 bits per heavy atom. The second-order valence-corrected chi connectivity index (χ2v) is 7.72. The van der Waals surface area contributed by atoms with Crippen LogP contribution in [0.25, 0.3) is 11.5 Å². The molecular formula is C24H28N4O2. The van der Waals surface area contributed by atoms with Crippen LogP contribution in [-0.4, -0.2) is 23.3 Å². The molecule has 0 fully saturated rings. The maximum Gasteiger partial charge on any atom is 0.257 e. The summed E-state index contributed by atoms with van der Waals surface area (Å²) in [6.07, 6.45) is 1.65. The zero-order valence-electron chi connectivity index (χ0n) is 17.8. The predicted octanol–water partition coefficient (Wildman–Crippen LogP) is 5.12. The fourth-order valence-corrected chi connectivity index (χ4v) is 2.96. The lowest BCUT2D eigenvalue weighted by atomic mass is 9.86. The minimum atomic E-state index is -0.468. The summed E-state index contributed by atoms with van der Waals surface area (Å²) in [5.41, 5.74) is 3.58. The molecule has 1 heterocycles. The van der Waals surface area contributed by atoms with E-state index in [1.807, 2.05) is 69.3 Å². The lowest BCUT2D eigenvalue weighted by Crippen LogP contribution is -2.13. The van der Waals surface area contributed by atoms with Gasteiger partial charge in [0.25, 0.3) is 5.89 Å². The third-order valence-electron chi connectivity index (χ3n) is 4.91. The van der Waals surface area contributed by atoms with Crippen LogP contribution in [0.15, 0.2) is 53.1 Å². The number of nitrogens with one attached hydrogen (secondary N) is 1. The van der Waals surface area contributed by atoms with Gasteiger partial charge in [-0.15, -0.1) is 0 Å². The quantitative estimate of drug-likeness (QED) is 0.472. The molecule has 0 aliphatic heterocycles. The molecule has 3 aromatic rings. The van der Waals surface area contributed by atoms with Crippen molar-refractivity contribution in [3.8, 4) is 17.5 Å². The molecule has 0 radical (unpaired) electrons. The summed E-state index contributed by atoms with van der Waals surface area (Å²) in [7, 11) is 0. The van der Waals surface area contributed by atoms with Crippen molar-refractivity contribution in [3.63, 3.8) is 0 Å². The van der Waals surface area contributed by atoms with E-state index in [0.29, 0.717) is 24.9 Å². The predicted molar refractivity (Wildman–Crippen MR) is 117 cm³/mol. The van der Waals surface area contributed by atoms with E-state index in [-0.39, 0.29) is 0 Å². The Morgan fingerprint density at radius 1 is 1.17 bits per heavy atom. The Hall–Kier alpha value is -3.17. The van der Waals surface area contributed by atoms with Crippen LogP contribution in [0.1, 0.15) is 44.1 Å². The van der Waals surface area contributed by atoms with E-state index < -0.39 is 5.41 Å². The molecule has 1 N–H and O–H groups in total. The van der Waals surface area contributed by atoms with Gasteiger partial charge in [0, 0.05) is 30.8 Å². The minimum Gasteiger partial charge on any atom is -0.385 e. The van der Waals surface area contributed by atoms with E-state index in [0.717, 1.165) is 41.8 Å². The Bertz CT molecular complexity index is 987. The number of hydrogen-bond donors (Lipinski definition) is 1. The number of benzene rings is 2. The van der Waals surface area contributed by atoms with Crippen LogP contribution < -0.4 is 5.32 Å². The summed E-state index contributed by atoms with van der Waals surface area (Å²) in [5, 5.41) is 16.6. The molecule has 0 aliphatic carbocycles. The van der Waals surface area contributed by atoms with Crippen molar-refractivity contribution in [2.45, 2.75) is 45.6 Å². The molecule has 6 nitrogen and oxygen atoms in total. The van der Waals surface area contributed by atoms with Gasteiger partial charge in [0.1, 0.15) is 0 Å². The van der Waals surface area contributed by atoms with Crippen molar-refractivity contribution >= 4 is 5.69 Å². The Labute approximate surface area is 177 Å². The van der Waals surface area contributed by atoms with Crippen molar-refractivity contribution in [2.24, 2.45) is 0 Å². The number of ether oxygens (including phenoxy) is 1. The van der Waals surface area contributed by atoms with Crippen molar-refractivity contribution < 1.29 is 9.26 Å². The zero-order chi connectivity index (χ0) is 21.4. The van der Waals surface area contributed by atoms with Gasteiger partial charge >= 0.3 is 0 Å². The molecule has 2 aromatic carbocycles. The molecule has 156 valence electrons. The molecule has 0 unspecified atom stereocenters. The molecule has 30 heavy (non-hydrogen) atoms. The van der Waals surface area contributed by atoms with Gasteiger partial charge in [0.2, 0.25) is 0 Å². The summed E-state index contributed by atoms with van der Waals surface area (Å²) in [4.78, 5) is 4.37. The van der Waals surface area contributed by atoms with Crippen LogP contribution in [-0.2, 0) is 23.2 Å². The van der Waals surface area contributed by atoms with Gasteiger partial charge in [-0.3, -0.25) is 0 Å². The summed E-state index contributed by atoms with van der Waals surface area (Å²) in [5.74, 6) is 1.26. The largest absolute Gasteiger partial charge is 0.385 e. The molecule has 0 saturated heterocycles. The van der Waals surface area contributed by atoms with Gasteiger partial charge in [0.15, 0.2) is 5.82 Å². The molecule has 0 atom stereocenters. The Balaban J connectivity index is 1.39. The molecule has 0 saturated carbocycles. The number of rotatable bonds is 10. The number of nitrogens with zero attached hydrogens (tertiary/aromatic N) is 3. The highest BCUT2D eigenvalue weighted by Gasteiger charge is 2.19. The van der Waals surface area contributed by atoms with Gasteiger partial charge in [-0.05, 0) is 49.6 Å². The van der Waals surface area contributed by atoms with Crippen LogP contribution in [0.2, 0.25) is 0 Å². The maximum absolute atomic E-state index is 9.22. The van der Waals surface area contributed by atoms with Crippen molar-refractivity contribution in [3.05, 3.63) is 65.5 Å². The number of nitriles is 1. The van der Waals surface area contributed by atoms with E-state index in [1.54, 1.807) is 0 Å². The van der Waals surface area contributed by atoms with Gasteiger partial charge in [-0.2, -0.15) is 10.2 Å². The molecule has 0 spiro atoms. The molecular weight excluding hydrogens is 376 g/mol. The maximum atomic E-state index is 9.22. The second kappa shape index (κ2) is 10.0. The van der Waals surface area contributed by atoms with E-state index >= 15 is 0 Å². The first kappa shape index (κ1) is 21.5. The van der Waals surface area contributed by atoms with Crippen LogP contribution >= 0.6 is 0 Å². The summed E-state index contributed by atoms with van der Waals surface area (Å²) >= 11 is 0. The lowest BCUT2D eigenvalue weighted by molar-refractivity contribution is 0.120. The first-order valence-electron chi connectivity index (χ1n) is 10.3. The molecule has 1 aromatic heterocycles. The SMILES string of the molecule is CCc1noc(-c2cccc(NCCCOCc3ccc(C(C)(C)C#N)cc3)c2)n1. The number of anilines is 1. The third kappa shape index (κ3) is 5.68.